The summed E-state index contributed by atoms with van der Waals surface area (Å²) in [6.07, 6.45) is -3.68. The zero-order chi connectivity index (χ0) is 38.1. The molecule has 16 heteroatoms. The molecule has 0 saturated heterocycles. The molecule has 274 valence electrons. The molecule has 52 heavy (non-hydrogen) atoms. The Balaban J connectivity index is 0.000000679. The largest absolute Gasteiger partial charge is 0.490 e. The van der Waals surface area contributed by atoms with Gasteiger partial charge in [0.05, 0.1) is 18.2 Å². The molecule has 1 saturated carbocycles. The number of carbonyl (C=O) groups excluding carboxylic acids is 2. The summed E-state index contributed by atoms with van der Waals surface area (Å²) in [5.41, 5.74) is 9.62. The van der Waals surface area contributed by atoms with E-state index in [4.69, 9.17) is 20.4 Å². The fourth-order valence-corrected chi connectivity index (χ4v) is 6.20. The number of fused-ring (bicyclic) bond motifs is 10. The van der Waals surface area contributed by atoms with Crippen LogP contribution in [-0.2, 0) is 31.1 Å². The first kappa shape index (κ1) is 37.3. The van der Waals surface area contributed by atoms with E-state index in [2.05, 4.69) is 15.6 Å². The number of hydrogen-bond acceptors (Lipinski definition) is 8. The highest BCUT2D eigenvalue weighted by atomic mass is 19.4. The first-order valence-corrected chi connectivity index (χ1v) is 16.0. The van der Waals surface area contributed by atoms with Gasteiger partial charge in [0.1, 0.15) is 17.7 Å². The predicted molar refractivity (Wildman–Crippen MR) is 182 cm³/mol. The number of carboxylic acids is 2. The number of halogens is 4. The van der Waals surface area contributed by atoms with Crippen molar-refractivity contribution in [2.24, 2.45) is 0 Å². The van der Waals surface area contributed by atoms with Crippen LogP contribution in [0.1, 0.15) is 59.5 Å². The minimum absolute atomic E-state index is 0.0780. The van der Waals surface area contributed by atoms with Crippen molar-refractivity contribution < 1.29 is 51.7 Å². The molecule has 0 spiro atoms. The maximum absolute atomic E-state index is 14.7. The van der Waals surface area contributed by atoms with E-state index < -0.39 is 41.5 Å². The number of alkyl halides is 3. The van der Waals surface area contributed by atoms with E-state index in [0.29, 0.717) is 46.3 Å². The van der Waals surface area contributed by atoms with E-state index in [0.717, 1.165) is 17.3 Å². The van der Waals surface area contributed by atoms with Crippen molar-refractivity contribution in [3.63, 3.8) is 0 Å². The summed E-state index contributed by atoms with van der Waals surface area (Å²) >= 11 is 0. The van der Waals surface area contributed by atoms with Crippen LogP contribution in [0, 0.1) is 12.7 Å². The van der Waals surface area contributed by atoms with Crippen LogP contribution in [0.3, 0.4) is 0 Å². The third-order valence-electron chi connectivity index (χ3n) is 9.10. The van der Waals surface area contributed by atoms with E-state index in [-0.39, 0.29) is 36.2 Å². The van der Waals surface area contributed by atoms with Gasteiger partial charge in [-0.2, -0.15) is 13.2 Å². The Morgan fingerprint density at radius 2 is 1.75 bits per heavy atom. The standard InChI is InChI=1S/C34H34FN5O5.C2HF3O2/c1-18-12-20-4-7-24(18)19(2)17-45-33(44)39-22-6-9-27(34(10-11-34)32(42)43)21(13-22)16-40(3)31(41)29(20)38-23-5-8-25-26(14-23)28(35)15-37-30(25)36;3-2(4,5)1(6)7/h4-9,12-15,19,29,38H,10-11,16-17H2,1-3H3,(H2,36,37)(H,39,44)(H,42,43);(H,6,7)/t19-,29+;/m0./s1. The van der Waals surface area contributed by atoms with Crippen molar-refractivity contribution in [2.75, 3.05) is 30.0 Å². The monoisotopic (exact) mass is 725 g/mol. The molecule has 2 amide bonds. The molecule has 12 nitrogen and oxygen atoms in total. The molecule has 0 radical (unpaired) electrons. The molecular formula is C36H35F4N5O7. The first-order valence-electron chi connectivity index (χ1n) is 16.0. The molecule has 3 aliphatic rings. The van der Waals surface area contributed by atoms with Crippen molar-refractivity contribution in [3.8, 4) is 0 Å². The molecule has 4 bridgehead atoms. The molecule has 3 heterocycles. The minimum Gasteiger partial charge on any atom is -0.481 e. The molecule has 7 rings (SSSR count). The first-order chi connectivity index (χ1) is 24.4. The Hall–Kier alpha value is -5.93. The zero-order valence-corrected chi connectivity index (χ0v) is 28.2. The number of aryl methyl sites for hydroxylation is 1. The smallest absolute Gasteiger partial charge is 0.481 e. The zero-order valence-electron chi connectivity index (χ0n) is 28.2. The Morgan fingerprint density at radius 1 is 1.06 bits per heavy atom. The lowest BCUT2D eigenvalue weighted by atomic mass is 9.90. The normalized spacial score (nSPS) is 18.5. The van der Waals surface area contributed by atoms with Gasteiger partial charge in [-0.15, -0.1) is 0 Å². The van der Waals surface area contributed by atoms with Crippen LogP contribution in [0.25, 0.3) is 10.8 Å². The summed E-state index contributed by atoms with van der Waals surface area (Å²) in [7, 11) is 1.65. The highest BCUT2D eigenvalue weighted by Gasteiger charge is 2.53. The van der Waals surface area contributed by atoms with E-state index in [1.54, 1.807) is 43.4 Å². The molecule has 2 aliphatic heterocycles. The van der Waals surface area contributed by atoms with Gasteiger partial charge in [-0.05, 0) is 77.9 Å². The van der Waals surface area contributed by atoms with Gasteiger partial charge in [0.2, 0.25) is 5.91 Å². The van der Waals surface area contributed by atoms with Crippen molar-refractivity contribution >= 4 is 51.9 Å². The molecule has 2 atom stereocenters. The van der Waals surface area contributed by atoms with E-state index in [9.17, 15) is 37.1 Å². The third-order valence-corrected chi connectivity index (χ3v) is 9.10. The number of hydrogen-bond donors (Lipinski definition) is 5. The summed E-state index contributed by atoms with van der Waals surface area (Å²) < 4.78 is 52.0. The van der Waals surface area contributed by atoms with Gasteiger partial charge in [0, 0.05) is 41.7 Å². The molecule has 4 aromatic rings. The average Bonchev–Trinajstić information content (AvgIpc) is 3.89. The minimum atomic E-state index is -5.08. The molecule has 1 aromatic heterocycles. The maximum atomic E-state index is 14.7. The van der Waals surface area contributed by atoms with Gasteiger partial charge in [-0.3, -0.25) is 14.9 Å². The molecule has 6 N–H and O–H groups in total. The summed E-state index contributed by atoms with van der Waals surface area (Å²) in [5.74, 6) is -4.44. The van der Waals surface area contributed by atoms with Crippen LogP contribution in [-0.4, -0.2) is 63.9 Å². The average molecular weight is 726 g/mol. The van der Waals surface area contributed by atoms with Crippen molar-refractivity contribution in [1.29, 1.82) is 0 Å². The van der Waals surface area contributed by atoms with Crippen LogP contribution in [0.4, 0.5) is 39.5 Å². The second-order valence-electron chi connectivity index (χ2n) is 12.8. The Bertz CT molecular complexity index is 2070. The molecule has 1 fully saturated rings. The van der Waals surface area contributed by atoms with Crippen molar-refractivity contribution in [1.82, 2.24) is 9.88 Å². The second-order valence-corrected chi connectivity index (χ2v) is 12.8. The number of likely N-dealkylation sites (N-methyl/N-ethyl adjacent to an activating group) is 1. The predicted octanol–water partition coefficient (Wildman–Crippen LogP) is 6.49. The number of aliphatic carboxylic acids is 2. The number of anilines is 3. The third kappa shape index (κ3) is 7.85. The fraction of sp³-hybridized carbons (Fsp3) is 0.306. The number of rotatable bonds is 4. The number of benzene rings is 3. The highest BCUT2D eigenvalue weighted by Crippen LogP contribution is 2.50. The van der Waals surface area contributed by atoms with Gasteiger partial charge in [-0.25, -0.2) is 19.0 Å². The topological polar surface area (TPSA) is 184 Å². The second kappa shape index (κ2) is 14.4. The molecular weight excluding hydrogens is 690 g/mol. The lowest BCUT2D eigenvalue weighted by Gasteiger charge is -2.28. The number of ether oxygens (including phenoxy) is 1. The Kier molecular flexibility index (Phi) is 10.3. The highest BCUT2D eigenvalue weighted by molar-refractivity contribution is 5.94. The number of nitrogens with one attached hydrogen (secondary N) is 2. The molecule has 3 aromatic carbocycles. The van der Waals surface area contributed by atoms with Crippen LogP contribution in [0.15, 0.2) is 60.8 Å². The number of amides is 2. The number of pyridine rings is 1. The Labute approximate surface area is 294 Å². The van der Waals surface area contributed by atoms with Crippen LogP contribution < -0.4 is 16.4 Å². The summed E-state index contributed by atoms with van der Waals surface area (Å²) in [4.78, 5) is 53.6. The lowest BCUT2D eigenvalue weighted by Crippen LogP contribution is -2.36. The SMILES string of the molecule is Cc1cc2ccc1[C@@H](C)COC(=O)Nc1ccc(C3(C(=O)O)CC3)c(c1)CN(C)C(=O)[C@@H]2Nc1ccc2c(N)ncc(F)c2c1.O=C(O)C(F)(F)F. The van der Waals surface area contributed by atoms with E-state index in [1.165, 1.54) is 4.90 Å². The molecule has 1 aliphatic carbocycles. The number of carboxylic acid groups (broad SMARTS) is 2. The van der Waals surface area contributed by atoms with Crippen LogP contribution in [0.2, 0.25) is 0 Å². The fourth-order valence-electron chi connectivity index (χ4n) is 6.20. The summed E-state index contributed by atoms with van der Waals surface area (Å²) in [5, 5.41) is 24.0. The van der Waals surface area contributed by atoms with Gasteiger partial charge in [0.25, 0.3) is 0 Å². The maximum Gasteiger partial charge on any atom is 0.490 e. The van der Waals surface area contributed by atoms with Gasteiger partial charge < -0.3 is 30.9 Å². The number of nitrogens with two attached hydrogens (primary N) is 1. The van der Waals surface area contributed by atoms with Crippen molar-refractivity contribution in [2.45, 2.75) is 56.8 Å². The summed E-state index contributed by atoms with van der Waals surface area (Å²) in [6, 6.07) is 14.9. The van der Waals surface area contributed by atoms with E-state index in [1.807, 2.05) is 32.0 Å². The summed E-state index contributed by atoms with van der Waals surface area (Å²) in [6.45, 7) is 4.09. The van der Waals surface area contributed by atoms with Gasteiger partial charge in [-0.1, -0.05) is 31.2 Å². The number of carbonyl (C=O) groups is 4. The Morgan fingerprint density at radius 3 is 2.37 bits per heavy atom. The lowest BCUT2D eigenvalue weighted by molar-refractivity contribution is -0.192. The van der Waals surface area contributed by atoms with Crippen LogP contribution in [0.5, 0.6) is 0 Å². The van der Waals surface area contributed by atoms with Crippen molar-refractivity contribution in [3.05, 3.63) is 94.4 Å². The van der Waals surface area contributed by atoms with Crippen LogP contribution >= 0.6 is 0 Å². The molecule has 0 unspecified atom stereocenters. The van der Waals surface area contributed by atoms with E-state index >= 15 is 0 Å². The quantitative estimate of drug-likeness (QED) is 0.146. The number of nitrogens with zero attached hydrogens (tertiary/aromatic N) is 2. The number of nitrogen functional groups attached to an aromatic ring is 1. The number of aromatic nitrogens is 1. The van der Waals surface area contributed by atoms with Gasteiger partial charge in [0.15, 0.2) is 0 Å². The van der Waals surface area contributed by atoms with Gasteiger partial charge >= 0.3 is 24.2 Å².